The van der Waals surface area contributed by atoms with Crippen molar-refractivity contribution in [3.63, 3.8) is 0 Å². The lowest BCUT2D eigenvalue weighted by Gasteiger charge is -2.23. The molecule has 1 aromatic carbocycles. The lowest BCUT2D eigenvalue weighted by atomic mass is 10.0. The summed E-state index contributed by atoms with van der Waals surface area (Å²) >= 11 is 0. The van der Waals surface area contributed by atoms with Crippen LogP contribution < -0.4 is 5.32 Å². The summed E-state index contributed by atoms with van der Waals surface area (Å²) in [5.41, 5.74) is 0.513. The number of carbonyl (C=O) groups excluding carboxylic acids is 1. The molecule has 6 heteroatoms. The first-order chi connectivity index (χ1) is 9.58. The summed E-state index contributed by atoms with van der Waals surface area (Å²) in [5, 5.41) is 21.3. The van der Waals surface area contributed by atoms with Gasteiger partial charge in [-0.15, -0.1) is 0 Å². The van der Waals surface area contributed by atoms with E-state index in [2.05, 4.69) is 5.32 Å². The van der Waals surface area contributed by atoms with Gasteiger partial charge in [0, 0.05) is 5.56 Å². The van der Waals surface area contributed by atoms with Crippen LogP contribution in [0.5, 0.6) is 5.75 Å². The Bertz CT molecular complexity index is 533. The summed E-state index contributed by atoms with van der Waals surface area (Å²) in [6.07, 6.45) is -1.08. The van der Waals surface area contributed by atoms with E-state index in [0.29, 0.717) is 5.56 Å². The van der Waals surface area contributed by atoms with E-state index in [1.807, 2.05) is 6.92 Å². The van der Waals surface area contributed by atoms with Gasteiger partial charge in [0.15, 0.2) is 0 Å². The number of amides is 1. The molecule has 21 heavy (non-hydrogen) atoms. The number of nitrogens with one attached hydrogen (secondary N) is 1. The monoisotopic (exact) mass is 295 g/mol. The molecule has 0 saturated carbocycles. The van der Waals surface area contributed by atoms with E-state index in [1.165, 1.54) is 6.07 Å². The van der Waals surface area contributed by atoms with E-state index in [4.69, 9.17) is 9.84 Å². The van der Waals surface area contributed by atoms with Crippen LogP contribution in [0.1, 0.15) is 44.4 Å². The second-order valence-corrected chi connectivity index (χ2v) is 5.86. The summed E-state index contributed by atoms with van der Waals surface area (Å²) in [6, 6.07) is 3.94. The fourth-order valence-electron chi connectivity index (χ4n) is 1.82. The molecule has 0 aliphatic carbocycles. The molecule has 1 aromatic rings. The quantitative estimate of drug-likeness (QED) is 0.793. The smallest absolute Gasteiger partial charge is 0.408 e. The minimum atomic E-state index is -1.09. The number of phenols is 1. The van der Waals surface area contributed by atoms with Gasteiger partial charge < -0.3 is 20.3 Å². The number of benzene rings is 1. The van der Waals surface area contributed by atoms with E-state index >= 15 is 0 Å². The number of ether oxygens (including phenoxy) is 1. The topological polar surface area (TPSA) is 95.9 Å². The number of aromatic hydroxyl groups is 1. The van der Waals surface area contributed by atoms with Crippen molar-refractivity contribution < 1.29 is 24.5 Å². The normalized spacial score (nSPS) is 12.6. The molecule has 0 radical (unpaired) electrons. The first-order valence-corrected chi connectivity index (χ1v) is 6.59. The van der Waals surface area contributed by atoms with E-state index in [-0.39, 0.29) is 12.2 Å². The maximum atomic E-state index is 11.8. The Morgan fingerprint density at radius 1 is 1.33 bits per heavy atom. The fourth-order valence-corrected chi connectivity index (χ4v) is 1.82. The lowest BCUT2D eigenvalue weighted by molar-refractivity contribution is -0.137. The first kappa shape index (κ1) is 16.8. The van der Waals surface area contributed by atoms with Crippen molar-refractivity contribution in [3.05, 3.63) is 29.3 Å². The van der Waals surface area contributed by atoms with Gasteiger partial charge >= 0.3 is 12.1 Å². The molecule has 3 N–H and O–H groups in total. The van der Waals surface area contributed by atoms with Crippen LogP contribution in [-0.4, -0.2) is 27.9 Å². The number of aliphatic carboxylic acids is 1. The van der Waals surface area contributed by atoms with Crippen molar-refractivity contribution in [2.75, 3.05) is 0 Å². The van der Waals surface area contributed by atoms with E-state index in [0.717, 1.165) is 5.56 Å². The van der Waals surface area contributed by atoms with Crippen molar-refractivity contribution in [2.45, 2.75) is 45.8 Å². The summed E-state index contributed by atoms with van der Waals surface area (Å²) in [7, 11) is 0. The van der Waals surface area contributed by atoms with Crippen LogP contribution in [0.4, 0.5) is 4.79 Å². The SMILES string of the molecule is Cc1ccc(O)c(C(CC(=O)O)NC(=O)OC(C)(C)C)c1. The van der Waals surface area contributed by atoms with Crippen LogP contribution in [0.2, 0.25) is 0 Å². The molecule has 1 amide bonds. The largest absolute Gasteiger partial charge is 0.508 e. The molecule has 0 saturated heterocycles. The minimum Gasteiger partial charge on any atom is -0.508 e. The second-order valence-electron chi connectivity index (χ2n) is 5.86. The van der Waals surface area contributed by atoms with Crippen LogP contribution in [0, 0.1) is 6.92 Å². The maximum Gasteiger partial charge on any atom is 0.408 e. The summed E-state index contributed by atoms with van der Waals surface area (Å²) < 4.78 is 5.12. The Hall–Kier alpha value is -2.24. The van der Waals surface area contributed by atoms with E-state index in [9.17, 15) is 14.7 Å². The van der Waals surface area contributed by atoms with Crippen LogP contribution in [0.3, 0.4) is 0 Å². The zero-order chi connectivity index (χ0) is 16.2. The molecular weight excluding hydrogens is 274 g/mol. The van der Waals surface area contributed by atoms with Crippen LogP contribution in [0.25, 0.3) is 0 Å². The van der Waals surface area contributed by atoms with Gasteiger partial charge in [-0.1, -0.05) is 17.7 Å². The number of carbonyl (C=O) groups is 2. The summed E-state index contributed by atoms with van der Waals surface area (Å²) in [5.74, 6) is -1.15. The average Bonchev–Trinajstić information content (AvgIpc) is 2.28. The molecule has 1 atom stereocenters. The third-order valence-corrected chi connectivity index (χ3v) is 2.63. The van der Waals surface area contributed by atoms with Gasteiger partial charge in [-0.25, -0.2) is 4.79 Å². The third-order valence-electron chi connectivity index (χ3n) is 2.63. The first-order valence-electron chi connectivity index (χ1n) is 6.59. The zero-order valence-electron chi connectivity index (χ0n) is 12.6. The van der Waals surface area contributed by atoms with Gasteiger partial charge in [0.25, 0.3) is 0 Å². The number of carboxylic acids is 1. The van der Waals surface area contributed by atoms with Gasteiger partial charge in [0.2, 0.25) is 0 Å². The standard InChI is InChI=1S/C15H21NO5/c1-9-5-6-12(17)10(7-9)11(8-13(18)19)16-14(20)21-15(2,3)4/h5-7,11,17H,8H2,1-4H3,(H,16,20)(H,18,19). The summed E-state index contributed by atoms with van der Waals surface area (Å²) in [4.78, 5) is 22.8. The van der Waals surface area contributed by atoms with E-state index < -0.39 is 23.7 Å². The Morgan fingerprint density at radius 2 is 1.95 bits per heavy atom. The van der Waals surface area contributed by atoms with Gasteiger partial charge in [0.1, 0.15) is 11.4 Å². The molecule has 0 spiro atoms. The summed E-state index contributed by atoms with van der Waals surface area (Å²) in [6.45, 7) is 6.95. The van der Waals surface area contributed by atoms with Gasteiger partial charge in [-0.05, 0) is 33.8 Å². The molecule has 6 nitrogen and oxygen atoms in total. The zero-order valence-corrected chi connectivity index (χ0v) is 12.6. The number of hydrogen-bond acceptors (Lipinski definition) is 4. The van der Waals surface area contributed by atoms with E-state index in [1.54, 1.807) is 32.9 Å². The Labute approximate surface area is 123 Å². The molecule has 0 aliphatic rings. The number of hydrogen-bond donors (Lipinski definition) is 3. The Balaban J connectivity index is 2.98. The fraction of sp³-hybridized carbons (Fsp3) is 0.467. The minimum absolute atomic E-state index is 0.0668. The predicted molar refractivity (Wildman–Crippen MR) is 77.2 cm³/mol. The van der Waals surface area contributed by atoms with Gasteiger partial charge in [0.05, 0.1) is 12.5 Å². The van der Waals surface area contributed by atoms with Gasteiger partial charge in [-0.2, -0.15) is 0 Å². The van der Waals surface area contributed by atoms with Gasteiger partial charge in [-0.3, -0.25) is 4.79 Å². The highest BCUT2D eigenvalue weighted by Crippen LogP contribution is 2.27. The van der Waals surface area contributed by atoms with Crippen LogP contribution >= 0.6 is 0 Å². The maximum absolute atomic E-state index is 11.8. The molecule has 0 aromatic heterocycles. The molecular formula is C15H21NO5. The highest BCUT2D eigenvalue weighted by atomic mass is 16.6. The van der Waals surface area contributed by atoms with Crippen molar-refractivity contribution in [3.8, 4) is 5.75 Å². The number of aryl methyl sites for hydroxylation is 1. The molecule has 0 fully saturated rings. The van der Waals surface area contributed by atoms with Crippen molar-refractivity contribution in [2.24, 2.45) is 0 Å². The lowest BCUT2D eigenvalue weighted by Crippen LogP contribution is -2.35. The van der Waals surface area contributed by atoms with Crippen LogP contribution in [0.15, 0.2) is 18.2 Å². The average molecular weight is 295 g/mol. The third kappa shape index (κ3) is 5.72. The highest BCUT2D eigenvalue weighted by molar-refractivity contribution is 5.72. The Morgan fingerprint density at radius 3 is 2.48 bits per heavy atom. The number of rotatable bonds is 4. The molecule has 0 heterocycles. The molecule has 116 valence electrons. The Kier molecular flexibility index (Phi) is 5.18. The predicted octanol–water partition coefficient (Wildman–Crippen LogP) is 2.74. The molecule has 1 rings (SSSR count). The van der Waals surface area contributed by atoms with Crippen molar-refractivity contribution >= 4 is 12.1 Å². The second kappa shape index (κ2) is 6.47. The number of carboxylic acid groups (broad SMARTS) is 1. The molecule has 0 aliphatic heterocycles. The number of alkyl carbamates (subject to hydrolysis) is 1. The van der Waals surface area contributed by atoms with Crippen molar-refractivity contribution in [1.82, 2.24) is 5.32 Å². The highest BCUT2D eigenvalue weighted by Gasteiger charge is 2.24. The number of phenolic OH excluding ortho intramolecular Hbond substituents is 1. The molecule has 1 unspecified atom stereocenters. The van der Waals surface area contributed by atoms with Crippen LogP contribution in [-0.2, 0) is 9.53 Å². The van der Waals surface area contributed by atoms with Crippen molar-refractivity contribution in [1.29, 1.82) is 0 Å². The molecule has 0 bridgehead atoms.